The van der Waals surface area contributed by atoms with Gasteiger partial charge in [-0.15, -0.1) is 0 Å². The molecule has 102 valence electrons. The van der Waals surface area contributed by atoms with E-state index >= 15 is 0 Å². The van der Waals surface area contributed by atoms with Crippen LogP contribution in [0, 0.1) is 0 Å². The van der Waals surface area contributed by atoms with Crippen LogP contribution in [0.1, 0.15) is 15.9 Å². The molecule has 0 aliphatic rings. The van der Waals surface area contributed by atoms with E-state index in [0.29, 0.717) is 5.69 Å². The molecule has 2 aromatic carbocycles. The summed E-state index contributed by atoms with van der Waals surface area (Å²) in [5, 5.41) is 37.2. The molecule has 6 heteroatoms. The number of carboxylic acids is 1. The normalized spacial score (nSPS) is 10.8. The molecule has 0 amide bonds. The van der Waals surface area contributed by atoms with Gasteiger partial charge in [0.25, 0.3) is 0 Å². The third kappa shape index (κ3) is 2.69. The van der Waals surface area contributed by atoms with Gasteiger partial charge in [-0.1, -0.05) is 6.07 Å². The van der Waals surface area contributed by atoms with Crippen molar-refractivity contribution in [1.82, 2.24) is 0 Å². The zero-order valence-corrected chi connectivity index (χ0v) is 10.2. The molecule has 0 aliphatic carbocycles. The van der Waals surface area contributed by atoms with E-state index in [1.54, 1.807) is 0 Å². The molecular weight excluding hydrogens is 262 g/mol. The van der Waals surface area contributed by atoms with Crippen LogP contribution in [0.3, 0.4) is 0 Å². The highest BCUT2D eigenvalue weighted by molar-refractivity contribution is 5.92. The molecular formula is C14H11NO5. The van der Waals surface area contributed by atoms with Crippen LogP contribution in [-0.2, 0) is 0 Å². The molecule has 4 N–H and O–H groups in total. The van der Waals surface area contributed by atoms with Crippen LogP contribution in [0.5, 0.6) is 17.2 Å². The highest BCUT2D eigenvalue weighted by atomic mass is 16.4. The Bertz CT molecular complexity index is 694. The molecule has 0 bridgehead atoms. The van der Waals surface area contributed by atoms with Gasteiger partial charge in [0.05, 0.1) is 5.69 Å². The van der Waals surface area contributed by atoms with Gasteiger partial charge >= 0.3 is 5.97 Å². The number of aromatic carboxylic acids is 1. The fourth-order valence-corrected chi connectivity index (χ4v) is 1.57. The number of para-hydroxylation sites is 1. The topological polar surface area (TPSA) is 110 Å². The minimum absolute atomic E-state index is 0.264. The van der Waals surface area contributed by atoms with Gasteiger partial charge in [0.1, 0.15) is 11.3 Å². The van der Waals surface area contributed by atoms with Crippen molar-refractivity contribution in [3.8, 4) is 17.2 Å². The third-order valence-corrected chi connectivity index (χ3v) is 2.61. The monoisotopic (exact) mass is 273 g/mol. The lowest BCUT2D eigenvalue weighted by atomic mass is 10.1. The van der Waals surface area contributed by atoms with Crippen LogP contribution in [-0.4, -0.2) is 32.6 Å². The van der Waals surface area contributed by atoms with Gasteiger partial charge in [-0.2, -0.15) is 0 Å². The third-order valence-electron chi connectivity index (χ3n) is 2.61. The average molecular weight is 273 g/mol. The first-order chi connectivity index (χ1) is 9.49. The largest absolute Gasteiger partial charge is 0.507 e. The van der Waals surface area contributed by atoms with Crippen LogP contribution in [0.2, 0.25) is 0 Å². The fraction of sp³-hybridized carbons (Fsp3) is 0. The van der Waals surface area contributed by atoms with Crippen LogP contribution < -0.4 is 0 Å². The zero-order chi connectivity index (χ0) is 14.7. The number of carboxylic acid groups (broad SMARTS) is 1. The van der Waals surface area contributed by atoms with Crippen molar-refractivity contribution >= 4 is 17.9 Å². The maximum Gasteiger partial charge on any atom is 0.339 e. The van der Waals surface area contributed by atoms with Crippen molar-refractivity contribution in [2.75, 3.05) is 0 Å². The van der Waals surface area contributed by atoms with Crippen molar-refractivity contribution in [3.63, 3.8) is 0 Å². The Labute approximate surface area is 113 Å². The molecule has 2 rings (SSSR count). The highest BCUT2D eigenvalue weighted by Gasteiger charge is 2.09. The van der Waals surface area contributed by atoms with E-state index in [1.165, 1.54) is 42.6 Å². The van der Waals surface area contributed by atoms with Gasteiger partial charge in [0, 0.05) is 11.8 Å². The SMILES string of the molecule is O=C(O)c1cc(N=Cc2cccc(O)c2O)ccc1O. The molecule has 0 aromatic heterocycles. The van der Waals surface area contributed by atoms with E-state index in [9.17, 15) is 20.1 Å². The second-order valence-electron chi connectivity index (χ2n) is 3.98. The Kier molecular flexibility index (Phi) is 3.56. The number of hydrogen-bond acceptors (Lipinski definition) is 5. The average Bonchev–Trinajstić information content (AvgIpc) is 2.41. The predicted octanol–water partition coefficient (Wildman–Crippen LogP) is 2.25. The Hall–Kier alpha value is -3.02. The Morgan fingerprint density at radius 2 is 1.80 bits per heavy atom. The number of rotatable bonds is 3. The summed E-state index contributed by atoms with van der Waals surface area (Å²) in [5.74, 6) is -2.20. The number of phenolic OH excluding ortho intramolecular Hbond substituents is 2. The lowest BCUT2D eigenvalue weighted by Gasteiger charge is -2.02. The minimum Gasteiger partial charge on any atom is -0.507 e. The number of aliphatic imine (C=N–C) groups is 1. The summed E-state index contributed by atoms with van der Waals surface area (Å²) in [4.78, 5) is 14.9. The summed E-state index contributed by atoms with van der Waals surface area (Å²) < 4.78 is 0. The molecule has 2 aromatic rings. The van der Waals surface area contributed by atoms with Crippen LogP contribution in [0.15, 0.2) is 41.4 Å². The summed E-state index contributed by atoms with van der Waals surface area (Å²) in [6.07, 6.45) is 1.28. The zero-order valence-electron chi connectivity index (χ0n) is 10.2. The highest BCUT2D eigenvalue weighted by Crippen LogP contribution is 2.28. The smallest absolute Gasteiger partial charge is 0.339 e. The van der Waals surface area contributed by atoms with Crippen molar-refractivity contribution in [2.45, 2.75) is 0 Å². The molecule has 0 unspecified atom stereocenters. The van der Waals surface area contributed by atoms with Gasteiger partial charge in [-0.3, -0.25) is 4.99 Å². The van der Waals surface area contributed by atoms with E-state index in [1.807, 2.05) is 0 Å². The first-order valence-corrected chi connectivity index (χ1v) is 5.60. The van der Waals surface area contributed by atoms with Crippen LogP contribution >= 0.6 is 0 Å². The standard InChI is InChI=1S/C14H11NO5/c16-11-5-4-9(6-10(11)14(19)20)15-7-8-2-1-3-12(17)13(8)18/h1-7,16-18H,(H,19,20). The Morgan fingerprint density at radius 3 is 2.50 bits per heavy atom. The first kappa shape index (κ1) is 13.4. The van der Waals surface area contributed by atoms with Crippen LogP contribution in [0.25, 0.3) is 0 Å². The lowest BCUT2D eigenvalue weighted by molar-refractivity contribution is 0.0694. The van der Waals surface area contributed by atoms with Crippen LogP contribution in [0.4, 0.5) is 5.69 Å². The van der Waals surface area contributed by atoms with Gasteiger partial charge in [0.2, 0.25) is 0 Å². The molecule has 0 saturated carbocycles. The Balaban J connectivity index is 2.34. The van der Waals surface area contributed by atoms with Crippen molar-refractivity contribution in [3.05, 3.63) is 47.5 Å². The quantitative estimate of drug-likeness (QED) is 0.506. The predicted molar refractivity (Wildman–Crippen MR) is 72.1 cm³/mol. The van der Waals surface area contributed by atoms with Gasteiger partial charge in [-0.05, 0) is 30.3 Å². The summed E-state index contributed by atoms with van der Waals surface area (Å²) >= 11 is 0. The first-order valence-electron chi connectivity index (χ1n) is 5.60. The number of carbonyl (C=O) groups is 1. The van der Waals surface area contributed by atoms with Crippen molar-refractivity contribution in [2.24, 2.45) is 4.99 Å². The molecule has 0 atom stereocenters. The summed E-state index contributed by atoms with van der Waals surface area (Å²) in [6.45, 7) is 0. The number of benzene rings is 2. The Morgan fingerprint density at radius 1 is 1.05 bits per heavy atom. The molecule has 20 heavy (non-hydrogen) atoms. The summed E-state index contributed by atoms with van der Waals surface area (Å²) in [6, 6.07) is 8.26. The van der Waals surface area contributed by atoms with Crippen molar-refractivity contribution in [1.29, 1.82) is 0 Å². The molecule has 0 aliphatic heterocycles. The number of aromatic hydroxyl groups is 3. The van der Waals surface area contributed by atoms with E-state index in [2.05, 4.69) is 4.99 Å². The van der Waals surface area contributed by atoms with E-state index in [4.69, 9.17) is 5.11 Å². The summed E-state index contributed by atoms with van der Waals surface area (Å²) in [5.41, 5.74) is 0.317. The van der Waals surface area contributed by atoms with E-state index < -0.39 is 5.97 Å². The second kappa shape index (κ2) is 5.31. The van der Waals surface area contributed by atoms with Gasteiger partial charge < -0.3 is 20.4 Å². The fourth-order valence-electron chi connectivity index (χ4n) is 1.57. The molecule has 0 saturated heterocycles. The maximum absolute atomic E-state index is 10.9. The second-order valence-corrected chi connectivity index (χ2v) is 3.98. The molecule has 6 nitrogen and oxygen atoms in total. The van der Waals surface area contributed by atoms with Crippen molar-refractivity contribution < 1.29 is 25.2 Å². The number of hydrogen-bond donors (Lipinski definition) is 4. The number of nitrogens with zero attached hydrogens (tertiary/aromatic N) is 1. The molecule has 0 spiro atoms. The maximum atomic E-state index is 10.9. The van der Waals surface area contributed by atoms with E-state index in [0.717, 1.165) is 0 Å². The number of phenols is 3. The molecule has 0 radical (unpaired) electrons. The molecule has 0 fully saturated rings. The van der Waals surface area contributed by atoms with Gasteiger partial charge in [-0.25, -0.2) is 4.79 Å². The van der Waals surface area contributed by atoms with Gasteiger partial charge in [0.15, 0.2) is 11.5 Å². The lowest BCUT2D eigenvalue weighted by Crippen LogP contribution is -1.95. The molecule has 0 heterocycles. The minimum atomic E-state index is -1.26. The van der Waals surface area contributed by atoms with E-state index in [-0.39, 0.29) is 28.4 Å². The summed E-state index contributed by atoms with van der Waals surface area (Å²) in [7, 11) is 0.